The number of sulfone groups is 1. The molecule has 0 heterocycles. The lowest BCUT2D eigenvalue weighted by Crippen LogP contribution is -2.14. The third kappa shape index (κ3) is 4.25. The monoisotopic (exact) mass is 292 g/mol. The van der Waals surface area contributed by atoms with Crippen LogP contribution in [0.25, 0.3) is 0 Å². The van der Waals surface area contributed by atoms with Crippen LogP contribution in [0.4, 0.5) is 14.5 Å². The fourth-order valence-electron chi connectivity index (χ4n) is 1.32. The maximum atomic E-state index is 12.3. The molecule has 5 nitrogen and oxygen atoms in total. The summed E-state index contributed by atoms with van der Waals surface area (Å²) in [5, 5.41) is 2.51. The summed E-state index contributed by atoms with van der Waals surface area (Å²) in [6, 6.07) is 4.57. The van der Waals surface area contributed by atoms with E-state index >= 15 is 0 Å². The Morgan fingerprint density at radius 3 is 2.32 bits per heavy atom. The molecule has 0 unspecified atom stereocenters. The maximum Gasteiger partial charge on any atom is 0.341 e. The topological polar surface area (TPSA) is 89.3 Å². The van der Waals surface area contributed by atoms with E-state index in [1.54, 1.807) is 0 Å². The minimum Gasteiger partial charge on any atom is -0.330 e. The fourth-order valence-corrected chi connectivity index (χ4v) is 2.04. The van der Waals surface area contributed by atoms with Crippen LogP contribution in [-0.2, 0) is 14.6 Å². The summed E-state index contributed by atoms with van der Waals surface area (Å²) in [4.78, 5) is 10.9. The predicted molar refractivity (Wildman–Crippen MR) is 66.5 cm³/mol. The van der Waals surface area contributed by atoms with E-state index in [9.17, 15) is 22.0 Å². The van der Waals surface area contributed by atoms with Gasteiger partial charge >= 0.3 is 5.76 Å². The molecule has 0 aliphatic rings. The summed E-state index contributed by atoms with van der Waals surface area (Å²) in [7, 11) is -4.60. The second-order valence-corrected chi connectivity index (χ2v) is 5.69. The fraction of sp³-hybridized carbons (Fsp3) is 0.364. The zero-order valence-electron chi connectivity index (χ0n) is 9.97. The predicted octanol–water partition coefficient (Wildman–Crippen LogP) is 1.36. The molecule has 3 N–H and O–H groups in total. The molecule has 1 aromatic rings. The first-order valence-electron chi connectivity index (χ1n) is 5.50. The second-order valence-electron chi connectivity index (χ2n) is 3.77. The molecule has 1 aromatic carbocycles. The molecule has 1 amide bonds. The molecule has 0 spiro atoms. The van der Waals surface area contributed by atoms with Crippen molar-refractivity contribution in [3.63, 3.8) is 0 Å². The quantitative estimate of drug-likeness (QED) is 0.828. The average molecular weight is 292 g/mol. The molecule has 0 fully saturated rings. The first-order chi connectivity index (χ1) is 8.87. The number of nitrogens with two attached hydrogens (primary N) is 1. The van der Waals surface area contributed by atoms with E-state index in [1.165, 1.54) is 12.1 Å². The van der Waals surface area contributed by atoms with Gasteiger partial charge in [-0.05, 0) is 37.2 Å². The summed E-state index contributed by atoms with van der Waals surface area (Å²) in [5.74, 6) is -3.73. The van der Waals surface area contributed by atoms with E-state index in [0.29, 0.717) is 18.7 Å². The van der Waals surface area contributed by atoms with Crippen LogP contribution in [0.1, 0.15) is 12.8 Å². The molecule has 106 valence electrons. The number of anilines is 1. The smallest absolute Gasteiger partial charge is 0.330 e. The molecule has 0 aliphatic carbocycles. The van der Waals surface area contributed by atoms with E-state index in [4.69, 9.17) is 5.73 Å². The minimum absolute atomic E-state index is 0.244. The van der Waals surface area contributed by atoms with Gasteiger partial charge in [-0.2, -0.15) is 8.78 Å². The molecule has 0 bridgehead atoms. The highest BCUT2D eigenvalue weighted by atomic mass is 32.2. The van der Waals surface area contributed by atoms with Crippen molar-refractivity contribution in [2.75, 3.05) is 11.9 Å². The van der Waals surface area contributed by atoms with Gasteiger partial charge in [0.1, 0.15) is 0 Å². The highest BCUT2D eigenvalue weighted by molar-refractivity contribution is 7.91. The maximum absolute atomic E-state index is 12.3. The standard InChI is InChI=1S/C11H14F2N2O3S/c12-11(13)19(17,18)9-5-3-8(4-6-9)15-10(16)2-1-7-14/h3-6,11H,1-2,7,14H2,(H,15,16). The zero-order chi connectivity index (χ0) is 14.5. The number of halogens is 2. The van der Waals surface area contributed by atoms with E-state index in [1.807, 2.05) is 0 Å². The lowest BCUT2D eigenvalue weighted by Gasteiger charge is -2.06. The molecule has 0 saturated carbocycles. The van der Waals surface area contributed by atoms with Gasteiger partial charge in [-0.3, -0.25) is 4.79 Å². The molecular formula is C11H14F2N2O3S. The van der Waals surface area contributed by atoms with Crippen LogP contribution >= 0.6 is 0 Å². The highest BCUT2D eigenvalue weighted by Crippen LogP contribution is 2.20. The Morgan fingerprint density at radius 2 is 1.84 bits per heavy atom. The van der Waals surface area contributed by atoms with Crippen LogP contribution < -0.4 is 11.1 Å². The Morgan fingerprint density at radius 1 is 1.26 bits per heavy atom. The van der Waals surface area contributed by atoms with E-state index in [-0.39, 0.29) is 12.3 Å². The summed E-state index contributed by atoms with van der Waals surface area (Å²) < 4.78 is 46.9. The van der Waals surface area contributed by atoms with E-state index in [2.05, 4.69) is 5.32 Å². The van der Waals surface area contributed by atoms with Gasteiger partial charge < -0.3 is 11.1 Å². The van der Waals surface area contributed by atoms with Gasteiger partial charge in [0.2, 0.25) is 15.7 Å². The number of amides is 1. The molecule has 8 heteroatoms. The summed E-state index contributed by atoms with van der Waals surface area (Å²) in [5.41, 5.74) is 5.59. The number of hydrogen-bond acceptors (Lipinski definition) is 4. The van der Waals surface area contributed by atoms with Crippen molar-refractivity contribution in [2.45, 2.75) is 23.5 Å². The molecule has 1 rings (SSSR count). The first-order valence-corrected chi connectivity index (χ1v) is 7.04. The van der Waals surface area contributed by atoms with Crippen molar-refractivity contribution < 1.29 is 22.0 Å². The lowest BCUT2D eigenvalue weighted by molar-refractivity contribution is -0.116. The van der Waals surface area contributed by atoms with Crippen LogP contribution in [0.5, 0.6) is 0 Å². The van der Waals surface area contributed by atoms with E-state index in [0.717, 1.165) is 12.1 Å². The van der Waals surface area contributed by atoms with Crippen molar-refractivity contribution in [3.8, 4) is 0 Å². The minimum atomic E-state index is -4.60. The third-order valence-electron chi connectivity index (χ3n) is 2.31. The SMILES string of the molecule is NCCCC(=O)Nc1ccc(S(=O)(=O)C(F)F)cc1. The van der Waals surface area contributed by atoms with Gasteiger partial charge in [-0.25, -0.2) is 8.42 Å². The van der Waals surface area contributed by atoms with Crippen LogP contribution in [-0.4, -0.2) is 26.6 Å². The number of rotatable bonds is 6. The van der Waals surface area contributed by atoms with Crippen molar-refractivity contribution in [2.24, 2.45) is 5.73 Å². The molecule has 0 atom stereocenters. The molecule has 0 aliphatic heterocycles. The van der Waals surface area contributed by atoms with Gasteiger partial charge in [0.25, 0.3) is 0 Å². The molecule has 0 saturated heterocycles. The second kappa shape index (κ2) is 6.58. The Balaban J connectivity index is 2.75. The Kier molecular flexibility index (Phi) is 5.37. The lowest BCUT2D eigenvalue weighted by atomic mass is 10.2. The van der Waals surface area contributed by atoms with Crippen LogP contribution in [0.15, 0.2) is 29.2 Å². The van der Waals surface area contributed by atoms with Gasteiger partial charge in [-0.15, -0.1) is 0 Å². The third-order valence-corrected chi connectivity index (χ3v) is 3.71. The first kappa shape index (κ1) is 15.5. The Bertz CT molecular complexity index is 529. The van der Waals surface area contributed by atoms with Crippen molar-refractivity contribution in [1.29, 1.82) is 0 Å². The largest absolute Gasteiger partial charge is 0.341 e. The van der Waals surface area contributed by atoms with Gasteiger partial charge in [-0.1, -0.05) is 0 Å². The molecule has 19 heavy (non-hydrogen) atoms. The molecular weight excluding hydrogens is 278 g/mol. The van der Waals surface area contributed by atoms with Gasteiger partial charge in [0.15, 0.2) is 0 Å². The van der Waals surface area contributed by atoms with Crippen molar-refractivity contribution in [1.82, 2.24) is 0 Å². The van der Waals surface area contributed by atoms with E-state index < -0.39 is 20.5 Å². The van der Waals surface area contributed by atoms with Crippen molar-refractivity contribution >= 4 is 21.4 Å². The Hall–Kier alpha value is -1.54. The van der Waals surface area contributed by atoms with Crippen molar-refractivity contribution in [3.05, 3.63) is 24.3 Å². The van der Waals surface area contributed by atoms with Gasteiger partial charge in [0, 0.05) is 12.1 Å². The van der Waals surface area contributed by atoms with Crippen LogP contribution in [0, 0.1) is 0 Å². The molecule has 0 radical (unpaired) electrons. The van der Waals surface area contributed by atoms with Gasteiger partial charge in [0.05, 0.1) is 4.90 Å². The number of benzene rings is 1. The number of carbonyl (C=O) groups is 1. The number of alkyl halides is 2. The van der Waals surface area contributed by atoms with Crippen LogP contribution in [0.2, 0.25) is 0 Å². The zero-order valence-corrected chi connectivity index (χ0v) is 10.8. The Labute approximate surface area is 109 Å². The summed E-state index contributed by atoms with van der Waals surface area (Å²) in [6.45, 7) is 0.388. The number of hydrogen-bond donors (Lipinski definition) is 2. The average Bonchev–Trinajstić information content (AvgIpc) is 2.36. The summed E-state index contributed by atoms with van der Waals surface area (Å²) >= 11 is 0. The highest BCUT2D eigenvalue weighted by Gasteiger charge is 2.26. The molecule has 0 aromatic heterocycles. The summed E-state index contributed by atoms with van der Waals surface area (Å²) in [6.07, 6.45) is 0.775. The normalized spacial score (nSPS) is 11.6. The van der Waals surface area contributed by atoms with Crippen LogP contribution in [0.3, 0.4) is 0 Å². The number of carbonyl (C=O) groups excluding carboxylic acids is 1. The number of nitrogens with one attached hydrogen (secondary N) is 1.